The Hall–Kier alpha value is -3.59. The molecular formula is C23H21ClN8O. The van der Waals surface area contributed by atoms with Crippen LogP contribution >= 0.6 is 11.6 Å². The highest BCUT2D eigenvalue weighted by Gasteiger charge is 2.45. The molecule has 4 aromatic rings. The van der Waals surface area contributed by atoms with Crippen molar-refractivity contribution >= 4 is 34.8 Å². The number of halogens is 1. The van der Waals surface area contributed by atoms with Crippen molar-refractivity contribution in [1.29, 1.82) is 0 Å². The molecule has 0 radical (unpaired) electrons. The first kappa shape index (κ1) is 20.0. The SMILES string of the molecule is O=C(Nc1cc(NCc2cn3cc(C4CC4)ccc3n2)ncn1)C1CC1c1cc(Cl)cnn1. The van der Waals surface area contributed by atoms with E-state index in [2.05, 4.69) is 58.5 Å². The van der Waals surface area contributed by atoms with Crippen molar-refractivity contribution in [3.05, 3.63) is 71.2 Å². The molecule has 6 rings (SSSR count). The molecule has 2 aliphatic carbocycles. The van der Waals surface area contributed by atoms with Crippen LogP contribution in [0.3, 0.4) is 0 Å². The van der Waals surface area contributed by atoms with Gasteiger partial charge in [0.25, 0.3) is 0 Å². The van der Waals surface area contributed by atoms with Crippen molar-refractivity contribution in [1.82, 2.24) is 29.5 Å². The summed E-state index contributed by atoms with van der Waals surface area (Å²) in [5, 5.41) is 14.6. The van der Waals surface area contributed by atoms with Gasteiger partial charge in [0.15, 0.2) is 0 Å². The molecule has 0 saturated heterocycles. The monoisotopic (exact) mass is 460 g/mol. The van der Waals surface area contributed by atoms with Gasteiger partial charge in [-0.05, 0) is 42.9 Å². The molecule has 10 heteroatoms. The molecular weight excluding hydrogens is 440 g/mol. The minimum Gasteiger partial charge on any atom is -0.364 e. The highest BCUT2D eigenvalue weighted by atomic mass is 35.5. The Balaban J connectivity index is 1.08. The fourth-order valence-corrected chi connectivity index (χ4v) is 4.23. The molecule has 1 amide bonds. The fraction of sp³-hybridized carbons (Fsp3) is 0.304. The molecule has 4 aromatic heterocycles. The topological polar surface area (TPSA) is 110 Å². The lowest BCUT2D eigenvalue weighted by molar-refractivity contribution is -0.117. The number of hydrogen-bond acceptors (Lipinski definition) is 7. The van der Waals surface area contributed by atoms with E-state index in [1.165, 1.54) is 30.9 Å². The Morgan fingerprint density at radius 3 is 2.88 bits per heavy atom. The summed E-state index contributed by atoms with van der Waals surface area (Å²) >= 11 is 5.98. The zero-order valence-corrected chi connectivity index (χ0v) is 18.4. The van der Waals surface area contributed by atoms with Gasteiger partial charge in [-0.2, -0.15) is 10.2 Å². The fourth-order valence-electron chi connectivity index (χ4n) is 4.08. The van der Waals surface area contributed by atoms with Gasteiger partial charge in [0.1, 0.15) is 23.6 Å². The summed E-state index contributed by atoms with van der Waals surface area (Å²) < 4.78 is 2.08. The molecule has 2 atom stereocenters. The van der Waals surface area contributed by atoms with Gasteiger partial charge in [0, 0.05) is 30.3 Å². The van der Waals surface area contributed by atoms with E-state index in [0.717, 1.165) is 17.0 Å². The number of carbonyl (C=O) groups is 1. The third-order valence-electron chi connectivity index (χ3n) is 6.09. The number of pyridine rings is 1. The molecule has 2 unspecified atom stereocenters. The smallest absolute Gasteiger partial charge is 0.229 e. The summed E-state index contributed by atoms with van der Waals surface area (Å²) in [5.74, 6) is 1.54. The molecule has 0 spiro atoms. The first-order valence-corrected chi connectivity index (χ1v) is 11.3. The van der Waals surface area contributed by atoms with Crippen molar-refractivity contribution in [3.8, 4) is 0 Å². The predicted octanol–water partition coefficient (Wildman–Crippen LogP) is 3.80. The molecule has 2 saturated carbocycles. The lowest BCUT2D eigenvalue weighted by Crippen LogP contribution is -2.16. The van der Waals surface area contributed by atoms with Crippen LogP contribution in [-0.2, 0) is 11.3 Å². The van der Waals surface area contributed by atoms with Crippen molar-refractivity contribution in [2.75, 3.05) is 10.6 Å². The number of nitrogens with one attached hydrogen (secondary N) is 2. The van der Waals surface area contributed by atoms with Gasteiger partial charge in [0.2, 0.25) is 5.91 Å². The van der Waals surface area contributed by atoms with E-state index in [9.17, 15) is 4.79 Å². The van der Waals surface area contributed by atoms with Gasteiger partial charge in [-0.1, -0.05) is 17.7 Å². The second-order valence-electron chi connectivity index (χ2n) is 8.61. The van der Waals surface area contributed by atoms with Crippen LogP contribution in [0.2, 0.25) is 5.02 Å². The zero-order chi connectivity index (χ0) is 22.4. The molecule has 2 N–H and O–H groups in total. The third-order valence-corrected chi connectivity index (χ3v) is 6.30. The first-order chi connectivity index (χ1) is 16.1. The lowest BCUT2D eigenvalue weighted by atomic mass is 10.2. The van der Waals surface area contributed by atoms with E-state index in [-0.39, 0.29) is 17.7 Å². The summed E-state index contributed by atoms with van der Waals surface area (Å²) in [4.78, 5) is 25.7. The second kappa shape index (κ2) is 8.08. The van der Waals surface area contributed by atoms with Crippen LogP contribution < -0.4 is 10.6 Å². The van der Waals surface area contributed by atoms with E-state index < -0.39 is 0 Å². The quantitative estimate of drug-likeness (QED) is 0.431. The van der Waals surface area contributed by atoms with Crippen LogP contribution in [-0.4, -0.2) is 35.5 Å². The number of anilines is 2. The molecule has 166 valence electrons. The second-order valence-corrected chi connectivity index (χ2v) is 9.05. The Labute approximate surface area is 194 Å². The highest BCUT2D eigenvalue weighted by Crippen LogP contribution is 2.47. The largest absolute Gasteiger partial charge is 0.364 e. The van der Waals surface area contributed by atoms with E-state index in [1.807, 2.05) is 6.20 Å². The zero-order valence-electron chi connectivity index (χ0n) is 17.6. The van der Waals surface area contributed by atoms with E-state index >= 15 is 0 Å². The minimum absolute atomic E-state index is 0.0334. The Morgan fingerprint density at radius 1 is 1.15 bits per heavy atom. The highest BCUT2D eigenvalue weighted by molar-refractivity contribution is 6.30. The van der Waals surface area contributed by atoms with Crippen molar-refractivity contribution < 1.29 is 4.79 Å². The number of carbonyl (C=O) groups excluding carboxylic acids is 1. The minimum atomic E-state index is -0.164. The molecule has 2 fully saturated rings. The molecule has 0 bridgehead atoms. The van der Waals surface area contributed by atoms with Gasteiger partial charge in [-0.3, -0.25) is 4.79 Å². The molecule has 9 nitrogen and oxygen atoms in total. The van der Waals surface area contributed by atoms with Gasteiger partial charge in [-0.25, -0.2) is 15.0 Å². The summed E-state index contributed by atoms with van der Waals surface area (Å²) in [7, 11) is 0. The van der Waals surface area contributed by atoms with E-state index in [4.69, 9.17) is 11.6 Å². The van der Waals surface area contributed by atoms with Crippen molar-refractivity contribution in [3.63, 3.8) is 0 Å². The lowest BCUT2D eigenvalue weighted by Gasteiger charge is -2.07. The number of aromatic nitrogens is 6. The average Bonchev–Trinajstić information content (AvgIpc) is 3.74. The molecule has 33 heavy (non-hydrogen) atoms. The van der Waals surface area contributed by atoms with Gasteiger partial charge >= 0.3 is 0 Å². The van der Waals surface area contributed by atoms with Crippen LogP contribution in [0.1, 0.15) is 48.0 Å². The molecule has 2 aliphatic rings. The Morgan fingerprint density at radius 2 is 2.03 bits per heavy atom. The number of hydrogen-bond donors (Lipinski definition) is 2. The normalized spacial score (nSPS) is 19.4. The number of amides is 1. The summed E-state index contributed by atoms with van der Waals surface area (Å²) in [6.45, 7) is 0.517. The third kappa shape index (κ3) is 4.36. The van der Waals surface area contributed by atoms with Crippen molar-refractivity contribution in [2.45, 2.75) is 37.6 Å². The molecule has 0 aliphatic heterocycles. The summed E-state index contributed by atoms with van der Waals surface area (Å²) in [6, 6.07) is 7.70. The maximum atomic E-state index is 12.6. The van der Waals surface area contributed by atoms with Gasteiger partial charge in [-0.15, -0.1) is 0 Å². The van der Waals surface area contributed by atoms with E-state index in [1.54, 1.807) is 12.1 Å². The average molecular weight is 461 g/mol. The first-order valence-electron chi connectivity index (χ1n) is 10.9. The summed E-state index contributed by atoms with van der Waals surface area (Å²) in [6.07, 6.45) is 10.4. The maximum absolute atomic E-state index is 12.6. The van der Waals surface area contributed by atoms with Crippen LogP contribution in [0.4, 0.5) is 11.6 Å². The standard InChI is InChI=1S/C23H21ClN8O/c24-15-5-19(31-28-8-15)17-6-18(17)23(33)30-21-7-20(26-12-27-21)25-9-16-11-32-10-14(13-1-2-13)3-4-22(32)29-16/h3-5,7-8,10-13,17-18H,1-2,6,9H2,(H2,25,26,27,30,33). The molecule has 0 aromatic carbocycles. The van der Waals surface area contributed by atoms with Crippen LogP contribution in [0.5, 0.6) is 0 Å². The van der Waals surface area contributed by atoms with E-state index in [0.29, 0.717) is 35.5 Å². The Kier molecular flexibility index (Phi) is 4.91. The number of fused-ring (bicyclic) bond motifs is 1. The van der Waals surface area contributed by atoms with Crippen LogP contribution in [0, 0.1) is 5.92 Å². The van der Waals surface area contributed by atoms with Crippen LogP contribution in [0.25, 0.3) is 5.65 Å². The number of rotatable bonds is 7. The molecule has 4 heterocycles. The maximum Gasteiger partial charge on any atom is 0.229 e. The summed E-state index contributed by atoms with van der Waals surface area (Å²) in [5.41, 5.74) is 3.95. The Bertz CT molecular complexity index is 1350. The van der Waals surface area contributed by atoms with Gasteiger partial charge < -0.3 is 15.0 Å². The number of nitrogens with zero attached hydrogens (tertiary/aromatic N) is 6. The predicted molar refractivity (Wildman–Crippen MR) is 123 cm³/mol. The van der Waals surface area contributed by atoms with Crippen LogP contribution in [0.15, 0.2) is 49.2 Å². The number of imidazole rings is 1. The van der Waals surface area contributed by atoms with Gasteiger partial charge in [0.05, 0.1) is 29.2 Å². The van der Waals surface area contributed by atoms with Crippen molar-refractivity contribution in [2.24, 2.45) is 5.92 Å².